The number of aryl methyl sites for hydroxylation is 1. The maximum absolute atomic E-state index is 14.1. The number of carboxylic acid groups (broad SMARTS) is 1. The van der Waals surface area contributed by atoms with Crippen LogP contribution in [-0.2, 0) is 11.2 Å². The zero-order valence-corrected chi connectivity index (χ0v) is 24.2. The molecule has 5 rings (SSSR count). The Morgan fingerprint density at radius 2 is 1.72 bits per heavy atom. The van der Waals surface area contributed by atoms with Crippen LogP contribution in [0.25, 0.3) is 0 Å². The Hall–Kier alpha value is -4.35. The zero-order valence-electron chi connectivity index (χ0n) is 24.2. The number of anilines is 1. The lowest BCUT2D eigenvalue weighted by molar-refractivity contribution is -0.176. The second-order valence-electron chi connectivity index (χ2n) is 11.4. The number of nitrogens with zero attached hydrogens (tertiary/aromatic N) is 5. The smallest absolute Gasteiger partial charge is 0.413 e. The van der Waals surface area contributed by atoms with Crippen molar-refractivity contribution in [2.75, 3.05) is 39.1 Å². The van der Waals surface area contributed by atoms with E-state index in [-0.39, 0.29) is 17.9 Å². The normalized spacial score (nSPS) is 20.5. The minimum absolute atomic E-state index is 0.0413. The van der Waals surface area contributed by atoms with Crippen LogP contribution < -0.4 is 4.90 Å². The van der Waals surface area contributed by atoms with Gasteiger partial charge < -0.3 is 24.7 Å². The van der Waals surface area contributed by atoms with Gasteiger partial charge in [0.25, 0.3) is 11.8 Å². The summed E-state index contributed by atoms with van der Waals surface area (Å²) in [4.78, 5) is 48.2. The third-order valence-electron chi connectivity index (χ3n) is 8.55. The largest absolute Gasteiger partial charge is 0.478 e. The summed E-state index contributed by atoms with van der Waals surface area (Å²) in [6, 6.07) is 5.77. The van der Waals surface area contributed by atoms with Crippen LogP contribution in [0, 0.1) is 0 Å². The van der Waals surface area contributed by atoms with Gasteiger partial charge in [-0.2, -0.15) is 13.2 Å². The van der Waals surface area contributed by atoms with E-state index in [0.29, 0.717) is 55.6 Å². The monoisotopic (exact) mass is 597 g/mol. The number of carboxylic acids is 1. The first kappa shape index (κ1) is 30.1. The standard InChI is InChI=1S/C31H34F3N5O4/c1-36(2)29(41)25-18-22(10-13-35-25)38-15-11-21(12-16-38)37(3)28(40)20-7-6-19-8-9-26(24(19)17-20)39-14-4-5-23(30(42)43)27(39)31(32,33)34/h4-7,10,13-14,17-18,21,26-27H,8-9,11-12,15-16H2,1-3H3,(H,42,43). The number of carbonyl (C=O) groups excluding carboxylic acids is 2. The maximum Gasteiger partial charge on any atom is 0.413 e. The number of rotatable bonds is 6. The average molecular weight is 598 g/mol. The van der Waals surface area contributed by atoms with Gasteiger partial charge in [-0.05, 0) is 73.2 Å². The van der Waals surface area contributed by atoms with Gasteiger partial charge in [-0.25, -0.2) is 4.79 Å². The predicted molar refractivity (Wildman–Crippen MR) is 154 cm³/mol. The van der Waals surface area contributed by atoms with Gasteiger partial charge in [0.05, 0.1) is 11.6 Å². The number of aliphatic carboxylic acids is 1. The van der Waals surface area contributed by atoms with Crippen molar-refractivity contribution in [3.63, 3.8) is 0 Å². The molecule has 2 amide bonds. The molecule has 2 unspecified atom stereocenters. The molecule has 9 nitrogen and oxygen atoms in total. The molecule has 43 heavy (non-hydrogen) atoms. The van der Waals surface area contributed by atoms with Crippen molar-refractivity contribution in [1.82, 2.24) is 19.7 Å². The molecule has 228 valence electrons. The number of hydrogen-bond donors (Lipinski definition) is 1. The Morgan fingerprint density at radius 3 is 2.37 bits per heavy atom. The summed E-state index contributed by atoms with van der Waals surface area (Å²) in [5.74, 6) is -2.01. The summed E-state index contributed by atoms with van der Waals surface area (Å²) < 4.78 is 42.3. The Balaban J connectivity index is 1.29. The lowest BCUT2D eigenvalue weighted by atomic mass is 9.96. The topological polar surface area (TPSA) is 97.3 Å². The van der Waals surface area contributed by atoms with Gasteiger partial charge in [-0.15, -0.1) is 0 Å². The molecule has 0 radical (unpaired) electrons. The molecule has 1 aromatic carbocycles. The SMILES string of the molecule is CN(C)C(=O)c1cc(N2CCC(N(C)C(=O)c3ccc4c(c3)C(N3C=CC=C(C(=O)O)C3C(F)(F)F)CC4)CC2)ccn1. The van der Waals surface area contributed by atoms with Gasteiger partial charge in [0.1, 0.15) is 5.69 Å². The molecule has 2 aromatic rings. The van der Waals surface area contributed by atoms with E-state index in [1.807, 2.05) is 6.07 Å². The number of hydrogen-bond acceptors (Lipinski definition) is 6. The van der Waals surface area contributed by atoms with Crippen LogP contribution in [0.15, 0.2) is 60.5 Å². The highest BCUT2D eigenvalue weighted by atomic mass is 19.4. The quantitative estimate of drug-likeness (QED) is 0.531. The second kappa shape index (κ2) is 11.7. The molecule has 1 saturated heterocycles. The number of carbonyl (C=O) groups is 3. The first-order chi connectivity index (χ1) is 20.4. The molecule has 0 spiro atoms. The molecule has 3 aliphatic rings. The van der Waals surface area contributed by atoms with Crippen molar-refractivity contribution in [3.05, 3.63) is 82.8 Å². The van der Waals surface area contributed by atoms with E-state index in [4.69, 9.17) is 0 Å². The lowest BCUT2D eigenvalue weighted by Gasteiger charge is -2.39. The molecule has 1 aliphatic carbocycles. The number of allylic oxidation sites excluding steroid dienone is 2. The van der Waals surface area contributed by atoms with E-state index in [1.54, 1.807) is 56.5 Å². The van der Waals surface area contributed by atoms with E-state index in [1.165, 1.54) is 17.2 Å². The van der Waals surface area contributed by atoms with Crippen molar-refractivity contribution >= 4 is 23.5 Å². The summed E-state index contributed by atoms with van der Waals surface area (Å²) in [6.07, 6.45) is 2.74. The number of aromatic nitrogens is 1. The van der Waals surface area contributed by atoms with E-state index in [2.05, 4.69) is 9.88 Å². The van der Waals surface area contributed by atoms with Crippen molar-refractivity contribution in [3.8, 4) is 0 Å². The predicted octanol–water partition coefficient (Wildman–Crippen LogP) is 4.28. The van der Waals surface area contributed by atoms with Crippen LogP contribution in [0.2, 0.25) is 0 Å². The second-order valence-corrected chi connectivity index (χ2v) is 11.4. The molecular weight excluding hydrogens is 563 g/mol. The summed E-state index contributed by atoms with van der Waals surface area (Å²) in [7, 11) is 5.09. The number of amides is 2. The first-order valence-corrected chi connectivity index (χ1v) is 14.1. The molecule has 1 N–H and O–H groups in total. The highest BCUT2D eigenvalue weighted by Crippen LogP contribution is 2.43. The summed E-state index contributed by atoms with van der Waals surface area (Å²) in [5.41, 5.74) is 2.37. The van der Waals surface area contributed by atoms with Gasteiger partial charge in [-0.1, -0.05) is 6.07 Å². The Kier molecular flexibility index (Phi) is 8.22. The van der Waals surface area contributed by atoms with E-state index in [0.717, 1.165) is 22.2 Å². The number of fused-ring (bicyclic) bond motifs is 1. The summed E-state index contributed by atoms with van der Waals surface area (Å²) >= 11 is 0. The molecule has 12 heteroatoms. The van der Waals surface area contributed by atoms with Gasteiger partial charge in [0, 0.05) is 63.9 Å². The minimum Gasteiger partial charge on any atom is -0.478 e. The van der Waals surface area contributed by atoms with E-state index < -0.39 is 29.8 Å². The zero-order chi connectivity index (χ0) is 31.1. The van der Waals surface area contributed by atoms with Crippen LogP contribution in [0.5, 0.6) is 0 Å². The van der Waals surface area contributed by atoms with Crippen molar-refractivity contribution in [1.29, 1.82) is 0 Å². The highest BCUT2D eigenvalue weighted by molar-refractivity contribution is 5.95. The summed E-state index contributed by atoms with van der Waals surface area (Å²) in [6.45, 7) is 1.35. The average Bonchev–Trinajstić information content (AvgIpc) is 3.42. The maximum atomic E-state index is 14.1. The van der Waals surface area contributed by atoms with Crippen molar-refractivity contribution < 1.29 is 32.7 Å². The fraction of sp³-hybridized carbons (Fsp3) is 0.419. The van der Waals surface area contributed by atoms with E-state index in [9.17, 15) is 32.7 Å². The molecule has 1 fully saturated rings. The summed E-state index contributed by atoms with van der Waals surface area (Å²) in [5, 5.41) is 9.46. The minimum atomic E-state index is -4.79. The Morgan fingerprint density at radius 1 is 1.00 bits per heavy atom. The molecular formula is C31H34F3N5O4. The highest BCUT2D eigenvalue weighted by Gasteiger charge is 2.50. The third-order valence-corrected chi connectivity index (χ3v) is 8.55. The first-order valence-electron chi connectivity index (χ1n) is 14.1. The van der Waals surface area contributed by atoms with Crippen LogP contribution in [0.3, 0.4) is 0 Å². The van der Waals surface area contributed by atoms with Crippen molar-refractivity contribution in [2.45, 2.75) is 50.0 Å². The van der Waals surface area contributed by atoms with Crippen molar-refractivity contribution in [2.24, 2.45) is 0 Å². The Labute approximate surface area is 247 Å². The fourth-order valence-electron chi connectivity index (χ4n) is 6.27. The van der Waals surface area contributed by atoms with Crippen LogP contribution in [0.1, 0.15) is 57.3 Å². The van der Waals surface area contributed by atoms with Gasteiger partial charge in [0.15, 0.2) is 6.04 Å². The van der Waals surface area contributed by atoms with E-state index >= 15 is 0 Å². The molecule has 2 atom stereocenters. The van der Waals surface area contributed by atoms with Gasteiger partial charge >= 0.3 is 12.1 Å². The van der Waals surface area contributed by atoms with Crippen LogP contribution in [-0.4, -0.2) is 95.1 Å². The Bertz CT molecular complexity index is 1480. The fourth-order valence-corrected chi connectivity index (χ4v) is 6.27. The number of benzene rings is 1. The number of alkyl halides is 3. The lowest BCUT2D eigenvalue weighted by Crippen LogP contribution is -2.48. The number of halogens is 3. The van der Waals surface area contributed by atoms with Crippen LogP contribution >= 0.6 is 0 Å². The number of piperidine rings is 1. The van der Waals surface area contributed by atoms with Crippen LogP contribution in [0.4, 0.5) is 18.9 Å². The van der Waals surface area contributed by atoms with Gasteiger partial charge in [-0.3, -0.25) is 14.6 Å². The van der Waals surface area contributed by atoms with Gasteiger partial charge in [0.2, 0.25) is 0 Å². The molecule has 0 bridgehead atoms. The molecule has 3 heterocycles. The number of pyridine rings is 1. The molecule has 1 aromatic heterocycles. The molecule has 2 aliphatic heterocycles. The molecule has 0 saturated carbocycles. The third kappa shape index (κ3) is 5.95.